The van der Waals surface area contributed by atoms with Crippen LogP contribution in [0.15, 0.2) is 12.1 Å². The predicted octanol–water partition coefficient (Wildman–Crippen LogP) is 4.61. The first-order valence-electron chi connectivity index (χ1n) is 10.7. The van der Waals surface area contributed by atoms with Crippen molar-refractivity contribution in [3.8, 4) is 0 Å². The summed E-state index contributed by atoms with van der Waals surface area (Å²) in [5, 5.41) is 3.13. The average Bonchev–Trinajstić information content (AvgIpc) is 2.93. The highest BCUT2D eigenvalue weighted by Crippen LogP contribution is 2.28. The van der Waals surface area contributed by atoms with Gasteiger partial charge in [0.05, 0.1) is 38.0 Å². The normalized spacial score (nSPS) is 17.5. The minimum Gasteiger partial charge on any atom is -0.465 e. The van der Waals surface area contributed by atoms with Gasteiger partial charge in [-0.2, -0.15) is 0 Å². The molecule has 1 N–H and O–H groups in total. The largest absolute Gasteiger partial charge is 0.465 e. The van der Waals surface area contributed by atoms with Crippen molar-refractivity contribution in [3.05, 3.63) is 28.8 Å². The summed E-state index contributed by atoms with van der Waals surface area (Å²) in [5.74, 6) is -0.383. The number of ether oxygens (including phenoxy) is 1. The second-order valence-corrected chi connectivity index (χ2v) is 8.19. The molecule has 28 heavy (non-hydrogen) atoms. The van der Waals surface area contributed by atoms with Crippen molar-refractivity contribution in [2.24, 2.45) is 0 Å². The predicted molar refractivity (Wildman–Crippen MR) is 114 cm³/mol. The molecule has 1 heterocycles. The fourth-order valence-electron chi connectivity index (χ4n) is 4.71. The summed E-state index contributed by atoms with van der Waals surface area (Å²) >= 11 is 0. The van der Waals surface area contributed by atoms with Gasteiger partial charge < -0.3 is 14.5 Å². The number of esters is 1. The Bertz CT molecular complexity index is 691. The van der Waals surface area contributed by atoms with Crippen LogP contribution in [0.2, 0.25) is 0 Å². The minimum absolute atomic E-state index is 0.0303. The average molecular weight is 390 g/mol. The highest BCUT2D eigenvalue weighted by molar-refractivity contribution is 6.03. The van der Waals surface area contributed by atoms with Crippen LogP contribution in [0.5, 0.6) is 0 Å². The number of benzene rings is 1. The molecule has 0 aromatic heterocycles. The molecule has 5 heteroatoms. The van der Waals surface area contributed by atoms with E-state index in [1.54, 1.807) is 6.07 Å². The van der Waals surface area contributed by atoms with Crippen molar-refractivity contribution in [3.63, 3.8) is 0 Å². The van der Waals surface area contributed by atoms with Crippen LogP contribution >= 0.6 is 0 Å². The number of nitrogens with zero attached hydrogens (tertiary/aromatic N) is 1. The smallest absolute Gasteiger partial charge is 0.339 e. The topological polar surface area (TPSA) is 55.4 Å². The van der Waals surface area contributed by atoms with Gasteiger partial charge in [0.25, 0.3) is 5.91 Å². The molecule has 1 saturated heterocycles. The van der Waals surface area contributed by atoms with Gasteiger partial charge in [-0.05, 0) is 70.1 Å². The van der Waals surface area contributed by atoms with Gasteiger partial charge in [-0.15, -0.1) is 0 Å². The first kappa shape index (κ1) is 22.4. The quantitative estimate of drug-likeness (QED) is 0.547. The summed E-state index contributed by atoms with van der Waals surface area (Å²) in [7, 11) is 1.37. The molecule has 1 aromatic carbocycles. The van der Waals surface area contributed by atoms with Gasteiger partial charge in [0, 0.05) is 6.42 Å². The van der Waals surface area contributed by atoms with Gasteiger partial charge in [0.15, 0.2) is 6.04 Å². The molecule has 0 radical (unpaired) electrons. The molecule has 156 valence electrons. The zero-order chi connectivity index (χ0) is 20.7. The van der Waals surface area contributed by atoms with Crippen molar-refractivity contribution in [2.75, 3.05) is 32.1 Å². The molecular formula is C23H37N2O3+. The third-order valence-electron chi connectivity index (χ3n) is 6.25. The summed E-state index contributed by atoms with van der Waals surface area (Å²) in [6.45, 7) is 11.3. The number of aryl methyl sites for hydroxylation is 2. The van der Waals surface area contributed by atoms with E-state index in [4.69, 9.17) is 4.74 Å². The molecule has 2 rings (SSSR count). The van der Waals surface area contributed by atoms with Crippen LogP contribution in [-0.4, -0.2) is 49.1 Å². The van der Waals surface area contributed by atoms with E-state index in [-0.39, 0.29) is 11.9 Å². The van der Waals surface area contributed by atoms with Crippen LogP contribution in [0.1, 0.15) is 73.9 Å². The lowest BCUT2D eigenvalue weighted by molar-refractivity contribution is -0.940. The molecule has 0 spiro atoms. The van der Waals surface area contributed by atoms with Crippen molar-refractivity contribution in [1.29, 1.82) is 0 Å². The number of hydrogen-bond acceptors (Lipinski definition) is 3. The number of rotatable bonds is 7. The van der Waals surface area contributed by atoms with Crippen LogP contribution in [0.3, 0.4) is 0 Å². The fourth-order valence-corrected chi connectivity index (χ4v) is 4.71. The Hall–Kier alpha value is -1.88. The first-order valence-corrected chi connectivity index (χ1v) is 10.7. The summed E-state index contributed by atoms with van der Waals surface area (Å²) in [5.41, 5.74) is 2.89. The van der Waals surface area contributed by atoms with Crippen LogP contribution in [-0.2, 0) is 9.53 Å². The highest BCUT2D eigenvalue weighted by atomic mass is 16.5. The molecule has 1 fully saturated rings. The van der Waals surface area contributed by atoms with E-state index in [1.165, 1.54) is 32.8 Å². The lowest BCUT2D eigenvalue weighted by Gasteiger charge is -2.43. The van der Waals surface area contributed by atoms with Crippen molar-refractivity contribution in [1.82, 2.24) is 0 Å². The monoisotopic (exact) mass is 389 g/mol. The highest BCUT2D eigenvalue weighted by Gasteiger charge is 2.40. The van der Waals surface area contributed by atoms with Crippen LogP contribution < -0.4 is 5.32 Å². The van der Waals surface area contributed by atoms with Crippen molar-refractivity contribution in [2.45, 2.75) is 72.3 Å². The molecule has 1 aromatic rings. The summed E-state index contributed by atoms with van der Waals surface area (Å²) in [6.07, 6.45) is 6.69. The molecule has 1 unspecified atom stereocenters. The SMILES string of the molecule is CCCC(C(=O)Nc1c(C)cc(C)cc1C(=O)OC)[N+]1(CC)CCCCCC1. The lowest BCUT2D eigenvalue weighted by Crippen LogP contribution is -2.60. The van der Waals surface area contributed by atoms with Crippen LogP contribution in [0.25, 0.3) is 0 Å². The number of hydrogen-bond donors (Lipinski definition) is 1. The van der Waals surface area contributed by atoms with Gasteiger partial charge in [-0.25, -0.2) is 4.79 Å². The summed E-state index contributed by atoms with van der Waals surface area (Å²) in [4.78, 5) is 25.8. The van der Waals surface area contributed by atoms with E-state index in [0.717, 1.165) is 48.1 Å². The lowest BCUT2D eigenvalue weighted by atomic mass is 10.0. The number of carbonyl (C=O) groups excluding carboxylic acids is 2. The molecule has 1 atom stereocenters. The fraction of sp³-hybridized carbons (Fsp3) is 0.652. The van der Waals surface area contributed by atoms with Crippen molar-refractivity contribution >= 4 is 17.6 Å². The number of quaternary nitrogens is 1. The molecule has 1 aliphatic heterocycles. The van der Waals surface area contributed by atoms with Crippen molar-refractivity contribution < 1.29 is 18.8 Å². The number of nitrogens with one attached hydrogen (secondary N) is 1. The second-order valence-electron chi connectivity index (χ2n) is 8.19. The Morgan fingerprint density at radius 1 is 1.11 bits per heavy atom. The summed E-state index contributed by atoms with van der Waals surface area (Å²) in [6, 6.07) is 3.70. The number of anilines is 1. The first-order chi connectivity index (χ1) is 13.4. The zero-order valence-electron chi connectivity index (χ0n) is 18.3. The van der Waals surface area contributed by atoms with Crippen LogP contribution in [0, 0.1) is 13.8 Å². The molecule has 0 saturated carbocycles. The van der Waals surface area contributed by atoms with E-state index in [1.807, 2.05) is 19.9 Å². The molecule has 0 bridgehead atoms. The number of carbonyl (C=O) groups is 2. The Morgan fingerprint density at radius 3 is 2.29 bits per heavy atom. The second kappa shape index (κ2) is 10.1. The molecule has 0 aliphatic carbocycles. The number of likely N-dealkylation sites (tertiary alicyclic amines) is 1. The molecular weight excluding hydrogens is 352 g/mol. The maximum Gasteiger partial charge on any atom is 0.339 e. The van der Waals surface area contributed by atoms with Gasteiger partial charge in [-0.3, -0.25) is 4.79 Å². The van der Waals surface area contributed by atoms with Gasteiger partial charge in [0.2, 0.25) is 0 Å². The van der Waals surface area contributed by atoms with Gasteiger partial charge in [-0.1, -0.05) is 13.0 Å². The number of likely N-dealkylation sites (N-methyl/N-ethyl adjacent to an activating group) is 1. The number of methoxy groups -OCH3 is 1. The number of amides is 1. The maximum atomic E-state index is 13.5. The molecule has 1 aliphatic rings. The Balaban J connectivity index is 2.38. The maximum absolute atomic E-state index is 13.5. The van der Waals surface area contributed by atoms with Gasteiger partial charge in [0.1, 0.15) is 0 Å². The zero-order valence-corrected chi connectivity index (χ0v) is 18.3. The molecule has 1 amide bonds. The van der Waals surface area contributed by atoms with E-state index >= 15 is 0 Å². The minimum atomic E-state index is -0.414. The Morgan fingerprint density at radius 2 is 1.75 bits per heavy atom. The summed E-state index contributed by atoms with van der Waals surface area (Å²) < 4.78 is 5.82. The van der Waals surface area contributed by atoms with Crippen LogP contribution in [0.4, 0.5) is 5.69 Å². The third-order valence-corrected chi connectivity index (χ3v) is 6.25. The van der Waals surface area contributed by atoms with E-state index in [0.29, 0.717) is 11.3 Å². The van der Waals surface area contributed by atoms with Gasteiger partial charge >= 0.3 is 5.97 Å². The Labute approximate surface area is 170 Å². The van der Waals surface area contributed by atoms with E-state index in [9.17, 15) is 9.59 Å². The third kappa shape index (κ3) is 4.93. The molecule has 5 nitrogen and oxygen atoms in total. The Kier molecular flexibility index (Phi) is 8.05. The standard InChI is InChI=1S/C23H36N2O3/c1-6-12-20(25(7-2)13-10-8-9-11-14-25)22(26)24-21-18(4)15-17(3)16-19(21)23(27)28-5/h15-16,20H,6-14H2,1-5H3/p+1. The van der Waals surface area contributed by atoms with E-state index < -0.39 is 5.97 Å². The van der Waals surface area contributed by atoms with E-state index in [2.05, 4.69) is 19.2 Å².